The number of rotatable bonds is 29. The van der Waals surface area contributed by atoms with Gasteiger partial charge in [-0.1, -0.05) is 12.1 Å². The summed E-state index contributed by atoms with van der Waals surface area (Å²) in [5.41, 5.74) is 9.21. The highest BCUT2D eigenvalue weighted by atomic mass is 16.5. The third-order valence-electron chi connectivity index (χ3n) is 14.4. The number of carbonyl (C=O) groups is 6. The van der Waals surface area contributed by atoms with Gasteiger partial charge in [0, 0.05) is 107 Å². The van der Waals surface area contributed by atoms with Gasteiger partial charge in [-0.2, -0.15) is 0 Å². The first-order valence-electron chi connectivity index (χ1n) is 28.2. The first kappa shape index (κ1) is 66.2. The minimum Gasteiger partial charge on any atom is -0.543 e. The molecule has 0 unspecified atom stereocenters. The molecule has 1 fully saturated rings. The van der Waals surface area contributed by atoms with Crippen LogP contribution in [0.1, 0.15) is 54.1 Å². The number of carboxylic acids is 5. The third kappa shape index (κ3) is 18.0. The Labute approximate surface area is 522 Å². The highest BCUT2D eigenvalue weighted by Crippen LogP contribution is 2.44. The lowest BCUT2D eigenvalue weighted by Gasteiger charge is -2.26. The molecular formula is C64H65N8O19-3. The van der Waals surface area contributed by atoms with E-state index >= 15 is 0 Å². The van der Waals surface area contributed by atoms with E-state index in [1.807, 2.05) is 26.8 Å². The maximum absolute atomic E-state index is 12.9. The molecule has 0 aliphatic carbocycles. The molecule has 0 radical (unpaired) electrons. The predicted molar refractivity (Wildman–Crippen MR) is 320 cm³/mol. The molecule has 27 nitrogen and oxygen atoms in total. The van der Waals surface area contributed by atoms with E-state index in [4.69, 9.17) is 43.6 Å². The number of amides is 1. The van der Waals surface area contributed by atoms with Crippen molar-refractivity contribution in [3.8, 4) is 79.4 Å². The van der Waals surface area contributed by atoms with Crippen molar-refractivity contribution in [3.63, 3.8) is 0 Å². The summed E-state index contributed by atoms with van der Waals surface area (Å²) in [5, 5.41) is 59.4. The van der Waals surface area contributed by atoms with E-state index in [0.29, 0.717) is 103 Å². The number of hydrogen-bond donors (Lipinski definition) is 4. The molecule has 1 aliphatic heterocycles. The number of hydrogen-bond acceptors (Lipinski definition) is 24. The van der Waals surface area contributed by atoms with E-state index in [1.54, 1.807) is 48.5 Å². The molecule has 7 aromatic rings. The second-order valence-corrected chi connectivity index (χ2v) is 20.7. The number of aromatic nitrogens is 3. The summed E-state index contributed by atoms with van der Waals surface area (Å²) < 4.78 is 45.3. The van der Waals surface area contributed by atoms with Crippen LogP contribution in [0.15, 0.2) is 103 Å². The average Bonchev–Trinajstić information content (AvgIpc) is 1.04. The standard InChI is InChI=1S/C64H68N8O19/c1-84-52-26-45(90-35-58(74)75)10-11-48(52)38-20-42(67-49(23-38)62(78)79)31-70-14-16-71(18-19-72(17-15-70)33-44-22-40(25-51(69-44)64(82)83)61-55(87-4)29-47(30-56(61)88-5)91-36-59(76)77)32-43-21-39(24-50(68-43)63(80)81)60-53(85-2)27-46(28-54(60)86-3)89-34-57(73)66-13-12-37-6-8-41(65)9-7-37/h6-11,20-30H,12-19,31-36,65H2,1-5H3,(H,66,73)(H,74,75)(H,76,77)(H,78,79)(H,80,81)(H,82,83)/p-3. The number of carbonyl (C=O) groups excluding carboxylic acids is 4. The Morgan fingerprint density at radius 2 is 0.835 bits per heavy atom. The zero-order valence-corrected chi connectivity index (χ0v) is 50.3. The van der Waals surface area contributed by atoms with Gasteiger partial charge in [-0.15, -0.1) is 0 Å². The van der Waals surface area contributed by atoms with E-state index in [2.05, 4.69) is 20.3 Å². The molecule has 4 aromatic carbocycles. The fourth-order valence-corrected chi connectivity index (χ4v) is 10.1. The minimum absolute atomic E-state index is 0.0475. The monoisotopic (exact) mass is 1250 g/mol. The second kappa shape index (κ2) is 30.9. The van der Waals surface area contributed by atoms with Crippen LogP contribution in [0.3, 0.4) is 0 Å². The van der Waals surface area contributed by atoms with Crippen molar-refractivity contribution in [2.45, 2.75) is 26.1 Å². The first-order chi connectivity index (χ1) is 43.7. The van der Waals surface area contributed by atoms with E-state index in [-0.39, 0.29) is 89.5 Å². The third-order valence-corrected chi connectivity index (χ3v) is 14.4. The van der Waals surface area contributed by atoms with Crippen molar-refractivity contribution in [2.75, 3.05) is 107 Å². The normalized spacial score (nSPS) is 12.9. The first-order valence-corrected chi connectivity index (χ1v) is 28.2. The summed E-state index contributed by atoms with van der Waals surface area (Å²) >= 11 is 0. The van der Waals surface area contributed by atoms with Crippen molar-refractivity contribution >= 4 is 41.4 Å². The van der Waals surface area contributed by atoms with Gasteiger partial charge in [-0.3, -0.25) is 34.4 Å². The molecule has 5 N–H and O–H groups in total. The highest BCUT2D eigenvalue weighted by Gasteiger charge is 2.25. The summed E-state index contributed by atoms with van der Waals surface area (Å²) in [7, 11) is 6.95. The molecule has 478 valence electrons. The van der Waals surface area contributed by atoms with Gasteiger partial charge in [0.05, 0.1) is 98.7 Å². The number of nitrogen functional groups attached to an aromatic ring is 1. The van der Waals surface area contributed by atoms with Crippen LogP contribution in [0, 0.1) is 0 Å². The fourth-order valence-electron chi connectivity index (χ4n) is 10.1. The van der Waals surface area contributed by atoms with Gasteiger partial charge in [0.25, 0.3) is 5.91 Å². The van der Waals surface area contributed by atoms with Gasteiger partial charge in [-0.25, -0.2) is 9.59 Å². The minimum atomic E-state index is -1.58. The van der Waals surface area contributed by atoms with Crippen molar-refractivity contribution in [2.24, 2.45) is 0 Å². The Morgan fingerprint density at radius 3 is 1.22 bits per heavy atom. The van der Waals surface area contributed by atoms with Crippen molar-refractivity contribution in [1.29, 1.82) is 0 Å². The van der Waals surface area contributed by atoms with Crippen LogP contribution in [0.5, 0.6) is 46.0 Å². The van der Waals surface area contributed by atoms with Crippen molar-refractivity contribution in [3.05, 3.63) is 143 Å². The zero-order valence-electron chi connectivity index (χ0n) is 50.3. The number of nitrogens with one attached hydrogen (secondary N) is 1. The second-order valence-electron chi connectivity index (χ2n) is 20.7. The largest absolute Gasteiger partial charge is 0.543 e. The van der Waals surface area contributed by atoms with Crippen LogP contribution in [-0.4, -0.2) is 177 Å². The number of carboxylic acid groups (broad SMARTS) is 5. The predicted octanol–water partition coefficient (Wildman–Crippen LogP) is 2.07. The molecule has 0 spiro atoms. The number of aliphatic carboxylic acids is 2. The fraction of sp³-hybridized carbons (Fsp3) is 0.297. The Balaban J connectivity index is 1.12. The molecule has 4 heterocycles. The van der Waals surface area contributed by atoms with E-state index in [0.717, 1.165) is 5.56 Å². The Kier molecular flexibility index (Phi) is 22.5. The lowest BCUT2D eigenvalue weighted by Crippen LogP contribution is -2.36. The maximum atomic E-state index is 12.9. The van der Waals surface area contributed by atoms with Crippen LogP contribution < -0.4 is 64.3 Å². The van der Waals surface area contributed by atoms with Gasteiger partial charge in [0.15, 0.2) is 19.8 Å². The molecule has 3 aromatic heterocycles. The Hall–Kier alpha value is -10.8. The number of aromatic carboxylic acids is 3. The average molecular weight is 1250 g/mol. The van der Waals surface area contributed by atoms with Gasteiger partial charge in [0.2, 0.25) is 0 Å². The number of methoxy groups -OCH3 is 5. The molecular weight excluding hydrogens is 1180 g/mol. The number of nitrogens with two attached hydrogens (primary N) is 1. The SMILES string of the molecule is COc1cc(OCC(=O)O)ccc1-c1cc(CN2CCN(Cc3cc(-c4c(OC)cc(OCC(=O)O)cc4OC)cc(C(=O)[O-])n3)CCN(Cc3cc(-c4c(OC)cc(OCC(=O)NCCc5ccc(N)cc5)cc4OC)cc(C(=O)[O-])n3)CC2)nc(C(=O)[O-])c1. The number of anilines is 1. The summed E-state index contributed by atoms with van der Waals surface area (Å²) in [5.74, 6) is -5.98. The van der Waals surface area contributed by atoms with Crippen molar-refractivity contribution < 1.29 is 92.2 Å². The summed E-state index contributed by atoms with van der Waals surface area (Å²) in [6, 6.07) is 26.8. The highest BCUT2D eigenvalue weighted by molar-refractivity contribution is 5.89. The lowest BCUT2D eigenvalue weighted by molar-refractivity contribution is -0.256. The topological polar surface area (TPSA) is 372 Å². The smallest absolute Gasteiger partial charge is 0.341 e. The van der Waals surface area contributed by atoms with Crippen LogP contribution >= 0.6 is 0 Å². The number of benzene rings is 4. The molecule has 8 rings (SSSR count). The van der Waals surface area contributed by atoms with Gasteiger partial charge in [0.1, 0.15) is 46.0 Å². The lowest BCUT2D eigenvalue weighted by atomic mass is 10.0. The van der Waals surface area contributed by atoms with Crippen LogP contribution in [0.4, 0.5) is 5.69 Å². The summed E-state index contributed by atoms with van der Waals surface area (Å²) in [6.07, 6.45) is 0.567. The quantitative estimate of drug-likeness (QED) is 0.0488. The summed E-state index contributed by atoms with van der Waals surface area (Å²) in [4.78, 5) is 93.1. The van der Waals surface area contributed by atoms with E-state index in [9.17, 15) is 54.3 Å². The molecule has 0 bridgehead atoms. The Bertz CT molecular complexity index is 3760. The molecule has 91 heavy (non-hydrogen) atoms. The van der Waals surface area contributed by atoms with Crippen LogP contribution in [-0.2, 0) is 40.4 Å². The zero-order chi connectivity index (χ0) is 65.3. The van der Waals surface area contributed by atoms with Crippen LogP contribution in [0.2, 0.25) is 0 Å². The number of nitrogens with zero attached hydrogens (tertiary/aromatic N) is 6. The van der Waals surface area contributed by atoms with Crippen LogP contribution in [0.25, 0.3) is 33.4 Å². The molecule has 1 amide bonds. The van der Waals surface area contributed by atoms with Gasteiger partial charge < -0.3 is 88.9 Å². The van der Waals surface area contributed by atoms with Gasteiger partial charge in [-0.05, 0) is 89.3 Å². The molecule has 27 heteroatoms. The van der Waals surface area contributed by atoms with E-state index in [1.165, 1.54) is 78.0 Å². The Morgan fingerprint density at radius 1 is 0.473 bits per heavy atom. The van der Waals surface area contributed by atoms with E-state index < -0.39 is 54.4 Å². The molecule has 1 saturated heterocycles. The van der Waals surface area contributed by atoms with Crippen molar-refractivity contribution in [1.82, 2.24) is 35.0 Å². The molecule has 0 saturated carbocycles. The number of ether oxygens (including phenoxy) is 8. The number of pyridine rings is 3. The maximum Gasteiger partial charge on any atom is 0.341 e. The summed E-state index contributed by atoms with van der Waals surface area (Å²) in [6.45, 7) is 0.818. The molecule has 0 atom stereocenters. The molecule has 1 aliphatic rings. The van der Waals surface area contributed by atoms with Gasteiger partial charge >= 0.3 is 11.9 Å².